The van der Waals surface area contributed by atoms with Gasteiger partial charge in [0.2, 0.25) is 0 Å². The van der Waals surface area contributed by atoms with Gasteiger partial charge in [-0.15, -0.1) is 11.8 Å². The number of hydrogen-bond acceptors (Lipinski definition) is 4. The van der Waals surface area contributed by atoms with E-state index in [0.717, 1.165) is 42.8 Å². The van der Waals surface area contributed by atoms with Gasteiger partial charge in [0.1, 0.15) is 0 Å². The Balaban J connectivity index is 1.92. The van der Waals surface area contributed by atoms with Gasteiger partial charge in [-0.2, -0.15) is 0 Å². The fourth-order valence-corrected chi connectivity index (χ4v) is 4.86. The quantitative estimate of drug-likeness (QED) is 0.761. The predicted octanol–water partition coefficient (Wildman–Crippen LogP) is 4.14. The Hall–Kier alpha value is -1.99. The van der Waals surface area contributed by atoms with E-state index in [1.807, 2.05) is 24.1 Å². The summed E-state index contributed by atoms with van der Waals surface area (Å²) < 4.78 is 28.2. The highest BCUT2D eigenvalue weighted by molar-refractivity contribution is 7.98. The van der Waals surface area contributed by atoms with Crippen molar-refractivity contribution in [3.05, 3.63) is 53.6 Å². The zero-order chi connectivity index (χ0) is 19.4. The second-order valence-corrected chi connectivity index (χ2v) is 9.22. The normalized spacial score (nSPS) is 14.8. The first kappa shape index (κ1) is 19.8. The Morgan fingerprint density at radius 1 is 1.07 bits per heavy atom. The second kappa shape index (κ2) is 8.35. The molecule has 5 nitrogen and oxygen atoms in total. The van der Waals surface area contributed by atoms with Crippen molar-refractivity contribution in [3.63, 3.8) is 0 Å². The minimum absolute atomic E-state index is 0.0911. The van der Waals surface area contributed by atoms with E-state index in [2.05, 4.69) is 4.72 Å². The SMILES string of the molecule is CSc1ccc(S(=O)(=O)Nc2cccc(C)c2)cc1C(=O)N1CCCCC1. The number of piperidine rings is 1. The van der Waals surface area contributed by atoms with Crippen molar-refractivity contribution in [1.29, 1.82) is 0 Å². The van der Waals surface area contributed by atoms with Crippen LogP contribution in [0, 0.1) is 6.92 Å². The minimum atomic E-state index is -3.77. The highest BCUT2D eigenvalue weighted by Crippen LogP contribution is 2.27. The van der Waals surface area contributed by atoms with Crippen molar-refractivity contribution in [2.45, 2.75) is 36.0 Å². The van der Waals surface area contributed by atoms with Crippen molar-refractivity contribution >= 4 is 33.4 Å². The summed E-state index contributed by atoms with van der Waals surface area (Å²) in [6, 6.07) is 12.0. The molecule has 1 amide bonds. The first-order valence-corrected chi connectivity index (χ1v) is 11.7. The van der Waals surface area contributed by atoms with E-state index < -0.39 is 10.0 Å². The van der Waals surface area contributed by atoms with Gasteiger partial charge in [-0.25, -0.2) is 8.42 Å². The molecule has 0 radical (unpaired) electrons. The van der Waals surface area contributed by atoms with Crippen LogP contribution in [0.5, 0.6) is 0 Å². The Labute approximate surface area is 165 Å². The third-order valence-corrected chi connectivity index (χ3v) is 6.80. The summed E-state index contributed by atoms with van der Waals surface area (Å²) in [5.74, 6) is -0.0911. The number of amides is 1. The van der Waals surface area contributed by atoms with Gasteiger partial charge >= 0.3 is 0 Å². The van der Waals surface area contributed by atoms with Crippen LogP contribution in [0.2, 0.25) is 0 Å². The number of hydrogen-bond donors (Lipinski definition) is 1. The molecule has 2 aromatic rings. The van der Waals surface area contributed by atoms with E-state index in [1.165, 1.54) is 17.8 Å². The monoisotopic (exact) mass is 404 g/mol. The molecule has 1 N–H and O–H groups in total. The average molecular weight is 405 g/mol. The molecule has 1 heterocycles. The van der Waals surface area contributed by atoms with E-state index in [1.54, 1.807) is 30.3 Å². The van der Waals surface area contributed by atoms with Gasteiger partial charge in [0.05, 0.1) is 10.5 Å². The van der Waals surface area contributed by atoms with E-state index in [-0.39, 0.29) is 10.8 Å². The largest absolute Gasteiger partial charge is 0.339 e. The summed E-state index contributed by atoms with van der Waals surface area (Å²) >= 11 is 1.45. The lowest BCUT2D eigenvalue weighted by atomic mass is 10.1. The second-order valence-electron chi connectivity index (χ2n) is 6.69. The number of benzene rings is 2. The van der Waals surface area contributed by atoms with Crippen LogP contribution in [0.25, 0.3) is 0 Å². The average Bonchev–Trinajstić information content (AvgIpc) is 2.67. The predicted molar refractivity (Wildman–Crippen MR) is 110 cm³/mol. The van der Waals surface area contributed by atoms with Crippen molar-refractivity contribution in [3.8, 4) is 0 Å². The maximum absolute atomic E-state index is 13.0. The van der Waals surface area contributed by atoms with Crippen molar-refractivity contribution in [2.75, 3.05) is 24.1 Å². The zero-order valence-electron chi connectivity index (χ0n) is 15.6. The fraction of sp³-hybridized carbons (Fsp3) is 0.350. The number of nitrogens with zero attached hydrogens (tertiary/aromatic N) is 1. The molecular weight excluding hydrogens is 380 g/mol. The van der Waals surface area contributed by atoms with E-state index in [0.29, 0.717) is 11.3 Å². The van der Waals surface area contributed by atoms with E-state index >= 15 is 0 Å². The molecular formula is C20H24N2O3S2. The topological polar surface area (TPSA) is 66.5 Å². The molecule has 0 bridgehead atoms. The van der Waals surface area contributed by atoms with Crippen LogP contribution in [0.15, 0.2) is 52.3 Å². The first-order chi connectivity index (χ1) is 12.9. The molecule has 0 saturated carbocycles. The number of anilines is 1. The molecule has 0 spiro atoms. The summed E-state index contributed by atoms with van der Waals surface area (Å²) in [6.45, 7) is 3.36. The Kier molecular flexibility index (Phi) is 6.11. The Morgan fingerprint density at radius 2 is 1.81 bits per heavy atom. The van der Waals surface area contributed by atoms with E-state index in [4.69, 9.17) is 0 Å². The molecule has 1 fully saturated rings. The first-order valence-electron chi connectivity index (χ1n) is 8.97. The number of rotatable bonds is 5. The zero-order valence-corrected chi connectivity index (χ0v) is 17.2. The Bertz CT molecular complexity index is 936. The molecule has 0 aliphatic carbocycles. The van der Waals surface area contributed by atoms with Crippen LogP contribution < -0.4 is 4.72 Å². The lowest BCUT2D eigenvalue weighted by Gasteiger charge is -2.27. The van der Waals surface area contributed by atoms with Crippen LogP contribution in [-0.2, 0) is 10.0 Å². The maximum Gasteiger partial charge on any atom is 0.261 e. The van der Waals surface area contributed by atoms with E-state index in [9.17, 15) is 13.2 Å². The summed E-state index contributed by atoms with van der Waals surface area (Å²) in [6.07, 6.45) is 5.01. The highest BCUT2D eigenvalue weighted by Gasteiger charge is 2.23. The fourth-order valence-electron chi connectivity index (χ4n) is 3.21. The van der Waals surface area contributed by atoms with Gasteiger partial charge in [0, 0.05) is 23.7 Å². The van der Waals surface area contributed by atoms with Gasteiger partial charge in [-0.05, 0) is 68.3 Å². The third kappa shape index (κ3) is 4.65. The maximum atomic E-state index is 13.0. The number of sulfonamides is 1. The van der Waals surface area contributed by atoms with Gasteiger partial charge < -0.3 is 4.90 Å². The molecule has 144 valence electrons. The number of aryl methyl sites for hydroxylation is 1. The van der Waals surface area contributed by atoms with Crippen LogP contribution >= 0.6 is 11.8 Å². The summed E-state index contributed by atoms with van der Waals surface area (Å²) in [4.78, 5) is 15.7. The lowest BCUT2D eigenvalue weighted by Crippen LogP contribution is -2.36. The van der Waals surface area contributed by atoms with Gasteiger partial charge in [0.25, 0.3) is 15.9 Å². The number of carbonyl (C=O) groups is 1. The molecule has 2 aromatic carbocycles. The molecule has 27 heavy (non-hydrogen) atoms. The smallest absolute Gasteiger partial charge is 0.261 e. The molecule has 0 atom stereocenters. The highest BCUT2D eigenvalue weighted by atomic mass is 32.2. The molecule has 0 unspecified atom stereocenters. The molecule has 7 heteroatoms. The summed E-state index contributed by atoms with van der Waals surface area (Å²) in [5, 5.41) is 0. The van der Waals surface area contributed by atoms with Crippen molar-refractivity contribution in [2.24, 2.45) is 0 Å². The lowest BCUT2D eigenvalue weighted by molar-refractivity contribution is 0.0720. The minimum Gasteiger partial charge on any atom is -0.339 e. The number of thioether (sulfide) groups is 1. The third-order valence-electron chi connectivity index (χ3n) is 4.63. The molecule has 1 aliphatic rings. The van der Waals surface area contributed by atoms with Crippen molar-refractivity contribution in [1.82, 2.24) is 4.90 Å². The molecule has 0 aromatic heterocycles. The molecule has 1 saturated heterocycles. The number of likely N-dealkylation sites (tertiary alicyclic amines) is 1. The standard InChI is InChI=1S/C20H24N2O3S2/c1-15-7-6-8-16(13-15)21-27(24,25)17-9-10-19(26-2)18(14-17)20(23)22-11-4-3-5-12-22/h6-10,13-14,21H,3-5,11-12H2,1-2H3. The number of nitrogens with one attached hydrogen (secondary N) is 1. The molecule has 3 rings (SSSR count). The van der Waals surface area contributed by atoms with Crippen LogP contribution in [-0.4, -0.2) is 38.6 Å². The van der Waals surface area contributed by atoms with Crippen LogP contribution in [0.1, 0.15) is 35.2 Å². The van der Waals surface area contributed by atoms with Gasteiger partial charge in [0.15, 0.2) is 0 Å². The van der Waals surface area contributed by atoms with Gasteiger partial charge in [-0.3, -0.25) is 9.52 Å². The number of carbonyl (C=O) groups excluding carboxylic acids is 1. The van der Waals surface area contributed by atoms with Crippen LogP contribution in [0.3, 0.4) is 0 Å². The molecule has 1 aliphatic heterocycles. The van der Waals surface area contributed by atoms with Crippen LogP contribution in [0.4, 0.5) is 5.69 Å². The summed E-state index contributed by atoms with van der Waals surface area (Å²) in [7, 11) is -3.77. The van der Waals surface area contributed by atoms with Gasteiger partial charge in [-0.1, -0.05) is 12.1 Å². The van der Waals surface area contributed by atoms with Crippen molar-refractivity contribution < 1.29 is 13.2 Å². The summed E-state index contributed by atoms with van der Waals surface area (Å²) in [5.41, 5.74) is 1.93. The Morgan fingerprint density at radius 3 is 2.48 bits per heavy atom.